The normalized spacial score (nSPS) is 10.5. The van der Waals surface area contributed by atoms with Crippen LogP contribution in [0, 0.1) is 0 Å². The Morgan fingerprint density at radius 3 is 2.79 bits per heavy atom. The lowest BCUT2D eigenvalue weighted by molar-refractivity contribution is 0.0821. The maximum Gasteiger partial charge on any atom is 0.273 e. The molecule has 0 radical (unpaired) electrons. The Bertz CT molecular complexity index is 606. The quantitative estimate of drug-likeness (QED) is 0.937. The summed E-state index contributed by atoms with van der Waals surface area (Å²) in [4.78, 5) is 13.3. The van der Waals surface area contributed by atoms with Crippen LogP contribution in [0.4, 0.5) is 0 Å². The molecule has 0 fully saturated rings. The molecule has 0 saturated carbocycles. The molecule has 0 aliphatic heterocycles. The van der Waals surface area contributed by atoms with E-state index in [1.54, 1.807) is 31.0 Å². The fourth-order valence-corrected chi connectivity index (χ4v) is 2.07. The third kappa shape index (κ3) is 2.85. The van der Waals surface area contributed by atoms with Crippen molar-refractivity contribution in [1.82, 2.24) is 14.7 Å². The van der Waals surface area contributed by atoms with E-state index < -0.39 is 0 Å². The van der Waals surface area contributed by atoms with Crippen molar-refractivity contribution in [3.05, 3.63) is 46.2 Å². The van der Waals surface area contributed by atoms with E-state index in [1.165, 1.54) is 4.90 Å². The first kappa shape index (κ1) is 13.8. The van der Waals surface area contributed by atoms with Gasteiger partial charge in [0, 0.05) is 31.3 Å². The Balaban J connectivity index is 2.43. The lowest BCUT2D eigenvalue weighted by Crippen LogP contribution is -2.22. The molecule has 1 amide bonds. The van der Waals surface area contributed by atoms with Gasteiger partial charge in [0.2, 0.25) is 0 Å². The van der Waals surface area contributed by atoms with Gasteiger partial charge in [-0.3, -0.25) is 4.79 Å². The van der Waals surface area contributed by atoms with Crippen LogP contribution in [0.25, 0.3) is 5.69 Å². The first-order valence-corrected chi connectivity index (χ1v) is 6.58. The number of aromatic nitrogens is 2. The van der Waals surface area contributed by atoms with Crippen molar-refractivity contribution < 1.29 is 4.79 Å². The maximum absolute atomic E-state index is 11.8. The van der Waals surface area contributed by atoms with Crippen LogP contribution >= 0.6 is 15.9 Å². The lowest BCUT2D eigenvalue weighted by Gasteiger charge is -2.09. The smallest absolute Gasteiger partial charge is 0.273 e. The van der Waals surface area contributed by atoms with Crippen LogP contribution in [0.5, 0.6) is 0 Å². The van der Waals surface area contributed by atoms with E-state index >= 15 is 0 Å². The standard InChI is InChI=1S/C13H15BrN4O/c1-17(2)13(19)11-5-6-18(16-11)12-7-10(14)4-3-9(12)8-15/h3-7H,8,15H2,1-2H3. The van der Waals surface area contributed by atoms with Gasteiger partial charge in [-0.2, -0.15) is 5.10 Å². The van der Waals surface area contributed by atoms with Crippen LogP contribution in [0.2, 0.25) is 0 Å². The van der Waals surface area contributed by atoms with E-state index in [2.05, 4.69) is 21.0 Å². The molecule has 0 unspecified atom stereocenters. The molecule has 2 aromatic rings. The van der Waals surface area contributed by atoms with Crippen molar-refractivity contribution in [2.75, 3.05) is 14.1 Å². The predicted octanol–water partition coefficient (Wildman–Crippen LogP) is 1.80. The molecular weight excluding hydrogens is 308 g/mol. The number of hydrogen-bond acceptors (Lipinski definition) is 3. The Morgan fingerprint density at radius 1 is 1.42 bits per heavy atom. The second kappa shape index (κ2) is 5.54. The van der Waals surface area contributed by atoms with Gasteiger partial charge in [0.15, 0.2) is 5.69 Å². The fourth-order valence-electron chi connectivity index (χ4n) is 1.72. The number of carbonyl (C=O) groups excluding carboxylic acids is 1. The molecule has 100 valence electrons. The molecular formula is C13H15BrN4O. The minimum Gasteiger partial charge on any atom is -0.343 e. The number of rotatable bonds is 3. The molecule has 0 aliphatic carbocycles. The zero-order chi connectivity index (χ0) is 14.0. The summed E-state index contributed by atoms with van der Waals surface area (Å²) >= 11 is 3.42. The van der Waals surface area contributed by atoms with Crippen LogP contribution in [0.15, 0.2) is 34.9 Å². The van der Waals surface area contributed by atoms with Crippen molar-refractivity contribution in [2.45, 2.75) is 6.54 Å². The highest BCUT2D eigenvalue weighted by atomic mass is 79.9. The molecule has 0 saturated heterocycles. The third-order valence-electron chi connectivity index (χ3n) is 2.73. The Labute approximate surface area is 120 Å². The van der Waals surface area contributed by atoms with Gasteiger partial charge in [-0.25, -0.2) is 4.68 Å². The van der Waals surface area contributed by atoms with E-state index in [0.717, 1.165) is 15.7 Å². The summed E-state index contributed by atoms with van der Waals surface area (Å²) in [6, 6.07) is 7.50. The van der Waals surface area contributed by atoms with Gasteiger partial charge in [0.25, 0.3) is 5.91 Å². The van der Waals surface area contributed by atoms with Crippen LogP contribution in [-0.4, -0.2) is 34.7 Å². The number of nitrogens with zero attached hydrogens (tertiary/aromatic N) is 3. The Morgan fingerprint density at radius 2 is 2.16 bits per heavy atom. The minimum atomic E-state index is -0.122. The van der Waals surface area contributed by atoms with Crippen LogP contribution in [0.3, 0.4) is 0 Å². The molecule has 19 heavy (non-hydrogen) atoms. The molecule has 1 aromatic carbocycles. The monoisotopic (exact) mass is 322 g/mol. The van der Waals surface area contributed by atoms with Gasteiger partial charge in [-0.05, 0) is 23.8 Å². The number of benzene rings is 1. The Kier molecular flexibility index (Phi) is 4.01. The summed E-state index contributed by atoms with van der Waals surface area (Å²) in [5.41, 5.74) is 7.97. The summed E-state index contributed by atoms with van der Waals surface area (Å²) in [6.45, 7) is 0.416. The molecule has 2 N–H and O–H groups in total. The highest BCUT2D eigenvalue weighted by molar-refractivity contribution is 9.10. The number of nitrogens with two attached hydrogens (primary N) is 1. The van der Waals surface area contributed by atoms with Gasteiger partial charge >= 0.3 is 0 Å². The largest absolute Gasteiger partial charge is 0.343 e. The molecule has 0 bridgehead atoms. The molecule has 6 heteroatoms. The fraction of sp³-hybridized carbons (Fsp3) is 0.231. The van der Waals surface area contributed by atoms with Crippen LogP contribution < -0.4 is 5.73 Å². The molecule has 0 spiro atoms. The predicted molar refractivity (Wildman–Crippen MR) is 77.2 cm³/mol. The van der Waals surface area contributed by atoms with E-state index in [4.69, 9.17) is 5.73 Å². The molecule has 1 aromatic heterocycles. The number of carbonyl (C=O) groups is 1. The van der Waals surface area contributed by atoms with Gasteiger partial charge in [-0.1, -0.05) is 22.0 Å². The van der Waals surface area contributed by atoms with E-state index in [1.807, 2.05) is 18.2 Å². The third-order valence-corrected chi connectivity index (χ3v) is 3.22. The lowest BCUT2D eigenvalue weighted by atomic mass is 10.2. The maximum atomic E-state index is 11.8. The topological polar surface area (TPSA) is 64.2 Å². The second-order valence-electron chi connectivity index (χ2n) is 4.32. The minimum absolute atomic E-state index is 0.122. The highest BCUT2D eigenvalue weighted by Gasteiger charge is 2.13. The number of hydrogen-bond donors (Lipinski definition) is 1. The zero-order valence-electron chi connectivity index (χ0n) is 10.8. The van der Waals surface area contributed by atoms with Crippen molar-refractivity contribution in [3.8, 4) is 5.69 Å². The first-order valence-electron chi connectivity index (χ1n) is 5.79. The van der Waals surface area contributed by atoms with Crippen molar-refractivity contribution in [1.29, 1.82) is 0 Å². The molecule has 0 atom stereocenters. The molecule has 0 aliphatic rings. The van der Waals surface area contributed by atoms with Gasteiger partial charge in [0.05, 0.1) is 5.69 Å². The van der Waals surface area contributed by atoms with Gasteiger partial charge in [0.1, 0.15) is 0 Å². The van der Waals surface area contributed by atoms with Crippen molar-refractivity contribution in [3.63, 3.8) is 0 Å². The van der Waals surface area contributed by atoms with Crippen LogP contribution in [0.1, 0.15) is 16.1 Å². The zero-order valence-corrected chi connectivity index (χ0v) is 12.4. The number of halogens is 1. The number of amides is 1. The summed E-state index contributed by atoms with van der Waals surface area (Å²) in [7, 11) is 3.40. The van der Waals surface area contributed by atoms with Gasteiger partial charge in [-0.15, -0.1) is 0 Å². The SMILES string of the molecule is CN(C)C(=O)c1ccn(-c2cc(Br)ccc2CN)n1. The first-order chi connectivity index (χ1) is 9.02. The molecule has 1 heterocycles. The van der Waals surface area contributed by atoms with Crippen molar-refractivity contribution in [2.24, 2.45) is 5.73 Å². The van der Waals surface area contributed by atoms with Crippen LogP contribution in [-0.2, 0) is 6.54 Å². The summed E-state index contributed by atoms with van der Waals surface area (Å²) in [6.07, 6.45) is 1.76. The second-order valence-corrected chi connectivity index (χ2v) is 5.24. The summed E-state index contributed by atoms with van der Waals surface area (Å²) < 4.78 is 2.61. The van der Waals surface area contributed by atoms with E-state index in [9.17, 15) is 4.79 Å². The van der Waals surface area contributed by atoms with Gasteiger partial charge < -0.3 is 10.6 Å². The average Bonchev–Trinajstić information content (AvgIpc) is 2.87. The summed E-state index contributed by atoms with van der Waals surface area (Å²) in [5.74, 6) is -0.122. The Hall–Kier alpha value is -1.66. The summed E-state index contributed by atoms with van der Waals surface area (Å²) in [5, 5.41) is 4.30. The average molecular weight is 323 g/mol. The highest BCUT2D eigenvalue weighted by Crippen LogP contribution is 2.20. The van der Waals surface area contributed by atoms with E-state index in [0.29, 0.717) is 12.2 Å². The van der Waals surface area contributed by atoms with E-state index in [-0.39, 0.29) is 5.91 Å². The molecule has 5 nitrogen and oxygen atoms in total. The molecule has 2 rings (SSSR count). The van der Waals surface area contributed by atoms with Crippen molar-refractivity contribution >= 4 is 21.8 Å².